The van der Waals surface area contributed by atoms with Gasteiger partial charge in [-0.05, 0) is 36.0 Å². The molecule has 9 N–H and O–H groups in total. The number of hydrogen-bond acceptors (Lipinski definition) is 16. The molecule has 3 aromatic rings. The number of carbonyl (C=O) groups excluding carboxylic acids is 1. The first-order chi connectivity index (χ1) is 29.1. The summed E-state index contributed by atoms with van der Waals surface area (Å²) in [6.45, 7) is -6.69. The van der Waals surface area contributed by atoms with E-state index < -0.39 is 95.0 Å². The smallest absolute Gasteiger partial charge is 0.338 e. The monoisotopic (exact) mass is 866 g/mol. The first-order valence-electron chi connectivity index (χ1n) is 19.7. The standard InChI is InChI=1S/C43H63O16P/c44-19-40(20-45,21-46)28-56-32-43(33-57-29-41(22-47,23-48)24-49,34-58-30-42(25-50,26-51)27-52)31-55-16-15-54-17-18-59-39(53)35-11-13-38(14-12-35)60(36-7-3-1-4-8-36)37-9-5-2-6-10-37/h1-14,44-52H,15-34H2. The highest BCUT2D eigenvalue weighted by molar-refractivity contribution is 7.79. The van der Waals surface area contributed by atoms with E-state index >= 15 is 0 Å². The van der Waals surface area contributed by atoms with E-state index in [2.05, 4.69) is 24.3 Å². The summed E-state index contributed by atoms with van der Waals surface area (Å²) in [5.74, 6) is -0.497. The average Bonchev–Trinajstić information content (AvgIpc) is 3.30. The summed E-state index contributed by atoms with van der Waals surface area (Å²) < 4.78 is 34.7. The fourth-order valence-electron chi connectivity index (χ4n) is 5.70. The van der Waals surface area contributed by atoms with Gasteiger partial charge in [0.15, 0.2) is 0 Å². The number of aliphatic hydroxyl groups excluding tert-OH is 9. The van der Waals surface area contributed by atoms with Crippen LogP contribution < -0.4 is 15.9 Å². The van der Waals surface area contributed by atoms with Gasteiger partial charge in [-0.15, -0.1) is 0 Å². The van der Waals surface area contributed by atoms with Gasteiger partial charge in [0, 0.05) is 0 Å². The van der Waals surface area contributed by atoms with E-state index in [1.165, 1.54) is 10.6 Å². The second-order valence-corrected chi connectivity index (χ2v) is 17.5. The predicted molar refractivity (Wildman–Crippen MR) is 223 cm³/mol. The van der Waals surface area contributed by atoms with Crippen LogP contribution in [-0.4, -0.2) is 184 Å². The maximum Gasteiger partial charge on any atom is 0.338 e. The Morgan fingerprint density at radius 2 is 0.700 bits per heavy atom. The summed E-state index contributed by atoms with van der Waals surface area (Å²) in [4.78, 5) is 12.9. The predicted octanol–water partition coefficient (Wildman–Crippen LogP) is -1.44. The Kier molecular flexibility index (Phi) is 23.2. The summed E-state index contributed by atoms with van der Waals surface area (Å²) in [6.07, 6.45) is 0. The van der Waals surface area contributed by atoms with Crippen molar-refractivity contribution >= 4 is 29.8 Å². The van der Waals surface area contributed by atoms with Crippen molar-refractivity contribution in [2.24, 2.45) is 21.7 Å². The molecule has 3 aromatic carbocycles. The van der Waals surface area contributed by atoms with Gasteiger partial charge >= 0.3 is 5.97 Å². The van der Waals surface area contributed by atoms with Crippen molar-refractivity contribution in [2.45, 2.75) is 0 Å². The van der Waals surface area contributed by atoms with Gasteiger partial charge in [-0.1, -0.05) is 72.8 Å². The quantitative estimate of drug-likeness (QED) is 0.0193. The molecule has 0 aliphatic heterocycles. The lowest BCUT2D eigenvalue weighted by Gasteiger charge is -2.37. The third-order valence-electron chi connectivity index (χ3n) is 10.1. The van der Waals surface area contributed by atoms with Crippen molar-refractivity contribution in [1.82, 2.24) is 0 Å². The first-order valence-corrected chi connectivity index (χ1v) is 21.0. The zero-order valence-corrected chi connectivity index (χ0v) is 34.9. The van der Waals surface area contributed by atoms with Crippen molar-refractivity contribution in [1.29, 1.82) is 0 Å². The number of rotatable bonds is 33. The van der Waals surface area contributed by atoms with Crippen LogP contribution in [0.2, 0.25) is 0 Å². The molecule has 3 rings (SSSR count). The maximum atomic E-state index is 12.9. The molecule has 0 aromatic heterocycles. The van der Waals surface area contributed by atoms with Crippen LogP contribution in [0, 0.1) is 21.7 Å². The highest BCUT2D eigenvalue weighted by atomic mass is 31.1. The average molecular weight is 867 g/mol. The van der Waals surface area contributed by atoms with Crippen molar-refractivity contribution in [2.75, 3.05) is 132 Å². The summed E-state index contributed by atoms with van der Waals surface area (Å²) >= 11 is 0. The Labute approximate surface area is 352 Å². The molecule has 16 nitrogen and oxygen atoms in total. The number of benzene rings is 3. The van der Waals surface area contributed by atoms with Crippen LogP contribution in [0.25, 0.3) is 0 Å². The van der Waals surface area contributed by atoms with Crippen LogP contribution in [0.1, 0.15) is 10.4 Å². The van der Waals surface area contributed by atoms with E-state index in [9.17, 15) is 50.8 Å². The largest absolute Gasteiger partial charge is 0.460 e. The number of aliphatic hydroxyl groups is 9. The van der Waals surface area contributed by atoms with Gasteiger partial charge in [0.2, 0.25) is 0 Å². The normalized spacial score (nSPS) is 12.6. The molecule has 0 fully saturated rings. The molecule has 0 saturated heterocycles. The molecule has 0 heterocycles. The van der Waals surface area contributed by atoms with Gasteiger partial charge in [0.25, 0.3) is 0 Å². The molecule has 0 saturated carbocycles. The zero-order valence-electron chi connectivity index (χ0n) is 34.1. The summed E-state index contributed by atoms with van der Waals surface area (Å²) in [7, 11) is -0.825. The highest BCUT2D eigenvalue weighted by Gasteiger charge is 2.38. The van der Waals surface area contributed by atoms with E-state index in [4.69, 9.17) is 28.4 Å². The molecular formula is C43H63O16P. The second kappa shape index (κ2) is 27.1. The van der Waals surface area contributed by atoms with Crippen LogP contribution in [0.4, 0.5) is 0 Å². The van der Waals surface area contributed by atoms with Gasteiger partial charge in [0.05, 0.1) is 153 Å². The lowest BCUT2D eigenvalue weighted by molar-refractivity contribution is -0.153. The van der Waals surface area contributed by atoms with E-state index in [-0.39, 0.29) is 72.7 Å². The molecule has 0 spiro atoms. The van der Waals surface area contributed by atoms with Crippen LogP contribution >= 0.6 is 7.92 Å². The molecule has 60 heavy (non-hydrogen) atoms. The molecule has 0 aliphatic rings. The van der Waals surface area contributed by atoms with Gasteiger partial charge < -0.3 is 74.4 Å². The van der Waals surface area contributed by atoms with Crippen LogP contribution in [0.5, 0.6) is 0 Å². The number of ether oxygens (including phenoxy) is 6. The van der Waals surface area contributed by atoms with Gasteiger partial charge in [-0.2, -0.15) is 0 Å². The van der Waals surface area contributed by atoms with Crippen molar-refractivity contribution in [3.05, 3.63) is 90.5 Å². The minimum absolute atomic E-state index is 0.0201. The highest BCUT2D eigenvalue weighted by Crippen LogP contribution is 2.33. The third-order valence-corrected chi connectivity index (χ3v) is 12.5. The molecule has 0 amide bonds. The van der Waals surface area contributed by atoms with E-state index in [0.29, 0.717) is 5.56 Å². The Balaban J connectivity index is 1.61. The molecule has 336 valence electrons. The number of carbonyl (C=O) groups is 1. The summed E-state index contributed by atoms with van der Waals surface area (Å²) in [5, 5.41) is 91.9. The van der Waals surface area contributed by atoms with Crippen LogP contribution in [-0.2, 0) is 28.4 Å². The third kappa shape index (κ3) is 15.4. The Bertz CT molecular complexity index is 1440. The summed E-state index contributed by atoms with van der Waals surface area (Å²) in [6, 6.07) is 27.8. The van der Waals surface area contributed by atoms with Crippen LogP contribution in [0.3, 0.4) is 0 Å². The Morgan fingerprint density at radius 1 is 0.383 bits per heavy atom. The summed E-state index contributed by atoms with van der Waals surface area (Å²) in [5.41, 5.74) is -4.92. The van der Waals surface area contributed by atoms with Gasteiger partial charge in [-0.25, -0.2) is 4.79 Å². The molecule has 0 bridgehead atoms. The fraction of sp³-hybridized carbons (Fsp3) is 0.558. The van der Waals surface area contributed by atoms with Gasteiger partial charge in [0.1, 0.15) is 6.61 Å². The van der Waals surface area contributed by atoms with Crippen molar-refractivity contribution < 1.29 is 79.2 Å². The van der Waals surface area contributed by atoms with Crippen molar-refractivity contribution in [3.63, 3.8) is 0 Å². The molecular weight excluding hydrogens is 803 g/mol. The topological polar surface area (TPSA) is 255 Å². The van der Waals surface area contributed by atoms with Gasteiger partial charge in [-0.3, -0.25) is 0 Å². The molecule has 0 atom stereocenters. The molecule has 0 unspecified atom stereocenters. The SMILES string of the molecule is O=C(OCCOCCOCC(COCC(CO)(CO)CO)(COCC(CO)(CO)CO)COCC(CO)(CO)CO)c1ccc(P(c2ccccc2)c2ccccc2)cc1. The molecule has 0 radical (unpaired) electrons. The number of esters is 1. The van der Waals surface area contributed by atoms with Crippen molar-refractivity contribution in [3.8, 4) is 0 Å². The lowest BCUT2D eigenvalue weighted by atomic mass is 9.89. The lowest BCUT2D eigenvalue weighted by Crippen LogP contribution is -2.47. The Hall–Kier alpha value is -3.00. The minimum Gasteiger partial charge on any atom is -0.460 e. The molecule has 0 aliphatic carbocycles. The van der Waals surface area contributed by atoms with E-state index in [1.807, 2.05) is 48.5 Å². The van der Waals surface area contributed by atoms with E-state index in [1.54, 1.807) is 12.1 Å². The second-order valence-electron chi connectivity index (χ2n) is 15.3. The van der Waals surface area contributed by atoms with E-state index in [0.717, 1.165) is 5.30 Å². The Morgan fingerprint density at radius 3 is 1.08 bits per heavy atom. The minimum atomic E-state index is -1.37. The first kappa shape index (κ1) is 51.4. The zero-order chi connectivity index (χ0) is 43.7. The van der Waals surface area contributed by atoms with Crippen LogP contribution in [0.15, 0.2) is 84.9 Å². The fourth-order valence-corrected chi connectivity index (χ4v) is 7.98. The maximum absolute atomic E-state index is 12.9. The number of hydrogen-bond donors (Lipinski definition) is 9. The molecule has 17 heteroatoms.